The van der Waals surface area contributed by atoms with Gasteiger partial charge in [0.05, 0.1) is 0 Å². The minimum Gasteiger partial charge on any atom is -0.0617 e. The van der Waals surface area contributed by atoms with Crippen molar-refractivity contribution in [3.8, 4) is 0 Å². The molecule has 20 heavy (non-hydrogen) atoms. The smallest absolute Gasteiger partial charge is 0.0235 e. The molecule has 0 N–H and O–H groups in total. The summed E-state index contributed by atoms with van der Waals surface area (Å²) in [5.74, 6) is 0. The molecular weight excluding hydrogens is 240 g/mol. The highest BCUT2D eigenvalue weighted by Crippen LogP contribution is 2.25. The predicted molar refractivity (Wildman–Crippen MR) is 85.8 cm³/mol. The molecule has 2 aromatic carbocycles. The molecule has 0 aromatic heterocycles. The Hall–Kier alpha value is -2.08. The predicted octanol–water partition coefficient (Wildman–Crippen LogP) is 4.61. The Morgan fingerprint density at radius 1 is 0.550 bits per heavy atom. The summed E-state index contributed by atoms with van der Waals surface area (Å²) in [6, 6.07) is 13.6. The molecule has 0 bridgehead atoms. The molecule has 0 nitrogen and oxygen atoms in total. The van der Waals surface area contributed by atoms with Gasteiger partial charge < -0.3 is 0 Å². The summed E-state index contributed by atoms with van der Waals surface area (Å²) in [5, 5.41) is 0. The lowest BCUT2D eigenvalue weighted by Crippen LogP contribution is -2.07. The van der Waals surface area contributed by atoms with Crippen LogP contribution in [0.25, 0.3) is 12.2 Å². The first-order valence-electron chi connectivity index (χ1n) is 7.47. The van der Waals surface area contributed by atoms with Crippen LogP contribution < -0.4 is 0 Å². The zero-order chi connectivity index (χ0) is 13.4. The van der Waals surface area contributed by atoms with Crippen LogP contribution >= 0.6 is 0 Å². The van der Waals surface area contributed by atoms with E-state index < -0.39 is 0 Å². The molecule has 0 radical (unpaired) electrons. The summed E-state index contributed by atoms with van der Waals surface area (Å²) >= 11 is 0. The van der Waals surface area contributed by atoms with Gasteiger partial charge in [0.1, 0.15) is 0 Å². The normalized spacial score (nSPS) is 15.8. The summed E-state index contributed by atoms with van der Waals surface area (Å²) in [6.07, 6.45) is 13.7. The van der Waals surface area contributed by atoms with E-state index >= 15 is 0 Å². The molecule has 0 saturated carbocycles. The second-order valence-corrected chi connectivity index (χ2v) is 5.77. The van der Waals surface area contributed by atoms with Crippen LogP contribution in [0.1, 0.15) is 33.4 Å². The van der Waals surface area contributed by atoms with E-state index in [1.807, 2.05) is 0 Å². The lowest BCUT2D eigenvalue weighted by molar-refractivity contribution is 0.839. The summed E-state index contributed by atoms with van der Waals surface area (Å²) in [6.45, 7) is 0. The Morgan fingerprint density at radius 2 is 1.00 bits per heavy atom. The zero-order valence-electron chi connectivity index (χ0n) is 11.6. The fraction of sp³-hybridized carbons (Fsp3) is 0.200. The van der Waals surface area contributed by atoms with Crippen LogP contribution in [0.5, 0.6) is 0 Å². The van der Waals surface area contributed by atoms with Crippen molar-refractivity contribution in [2.75, 3.05) is 0 Å². The van der Waals surface area contributed by atoms with Gasteiger partial charge in [-0.25, -0.2) is 0 Å². The van der Waals surface area contributed by atoms with Gasteiger partial charge in [0.15, 0.2) is 0 Å². The molecule has 0 atom stereocenters. The minimum atomic E-state index is 1.25. The van der Waals surface area contributed by atoms with Gasteiger partial charge in [-0.3, -0.25) is 0 Å². The van der Waals surface area contributed by atoms with Gasteiger partial charge in [-0.1, -0.05) is 60.7 Å². The van der Waals surface area contributed by atoms with E-state index in [1.54, 1.807) is 0 Å². The van der Waals surface area contributed by atoms with Crippen molar-refractivity contribution in [1.82, 2.24) is 0 Å². The molecule has 98 valence electrons. The number of fused-ring (bicyclic) bond motifs is 2. The van der Waals surface area contributed by atoms with Gasteiger partial charge in [0, 0.05) is 0 Å². The average Bonchev–Trinajstić information content (AvgIpc) is 2.40. The van der Waals surface area contributed by atoms with E-state index in [-0.39, 0.29) is 0 Å². The lowest BCUT2D eigenvalue weighted by atomic mass is 9.87. The quantitative estimate of drug-likeness (QED) is 0.705. The number of hydrogen-bond acceptors (Lipinski definition) is 0. The molecule has 0 spiro atoms. The molecule has 2 aromatic rings. The van der Waals surface area contributed by atoms with E-state index in [1.165, 1.54) is 59.1 Å². The highest BCUT2D eigenvalue weighted by atomic mass is 14.2. The fourth-order valence-electron chi connectivity index (χ4n) is 2.97. The van der Waals surface area contributed by atoms with E-state index in [9.17, 15) is 0 Å². The van der Waals surface area contributed by atoms with Crippen LogP contribution in [0.4, 0.5) is 0 Å². The van der Waals surface area contributed by atoms with E-state index in [2.05, 4.69) is 60.7 Å². The van der Waals surface area contributed by atoms with Crippen LogP contribution in [-0.4, -0.2) is 0 Å². The second kappa shape index (κ2) is 4.79. The molecule has 0 heteroatoms. The third-order valence-electron chi connectivity index (χ3n) is 4.48. The lowest BCUT2D eigenvalue weighted by Gasteiger charge is -2.18. The van der Waals surface area contributed by atoms with Gasteiger partial charge in [-0.05, 0) is 59.1 Å². The molecule has 4 rings (SSSR count). The zero-order valence-corrected chi connectivity index (χ0v) is 11.6. The Kier molecular flexibility index (Phi) is 2.81. The van der Waals surface area contributed by atoms with E-state index in [0.717, 1.165) is 0 Å². The van der Waals surface area contributed by atoms with Crippen molar-refractivity contribution in [3.63, 3.8) is 0 Å². The SMILES string of the molecule is C(C=Cc1ccc2c(c1)CC2)=Cc1ccc2c(c1)CC2. The summed E-state index contributed by atoms with van der Waals surface area (Å²) in [4.78, 5) is 0. The molecule has 0 fully saturated rings. The Labute approximate surface area is 120 Å². The minimum absolute atomic E-state index is 1.25. The third kappa shape index (κ3) is 2.12. The molecular formula is C20H18. The number of hydrogen-bond donors (Lipinski definition) is 0. The maximum absolute atomic E-state index is 2.31. The standard InChI is InChI=1S/C20H18/c1(3-15-5-7-17-9-11-19(17)13-15)2-4-16-6-8-18-10-12-20(18)14-16/h1-8,13-14H,9-12H2. The highest BCUT2D eigenvalue weighted by Gasteiger charge is 2.12. The number of rotatable bonds is 3. The highest BCUT2D eigenvalue weighted by molar-refractivity contribution is 5.60. The van der Waals surface area contributed by atoms with Crippen molar-refractivity contribution in [3.05, 3.63) is 81.9 Å². The molecule has 2 aliphatic carbocycles. The largest absolute Gasteiger partial charge is 0.0617 e. The van der Waals surface area contributed by atoms with E-state index in [4.69, 9.17) is 0 Å². The van der Waals surface area contributed by atoms with Crippen LogP contribution in [0.15, 0.2) is 48.6 Å². The molecule has 2 aliphatic rings. The molecule has 0 saturated heterocycles. The third-order valence-corrected chi connectivity index (χ3v) is 4.48. The number of aryl methyl sites for hydroxylation is 4. The van der Waals surface area contributed by atoms with Crippen molar-refractivity contribution < 1.29 is 0 Å². The Balaban J connectivity index is 1.45. The van der Waals surface area contributed by atoms with Crippen molar-refractivity contribution in [2.24, 2.45) is 0 Å². The van der Waals surface area contributed by atoms with Crippen molar-refractivity contribution in [1.29, 1.82) is 0 Å². The monoisotopic (exact) mass is 258 g/mol. The van der Waals surface area contributed by atoms with Gasteiger partial charge in [-0.2, -0.15) is 0 Å². The topological polar surface area (TPSA) is 0 Å². The first-order chi connectivity index (χ1) is 9.88. The van der Waals surface area contributed by atoms with Crippen molar-refractivity contribution >= 4 is 12.2 Å². The average molecular weight is 258 g/mol. The molecule has 0 aliphatic heterocycles. The van der Waals surface area contributed by atoms with Crippen LogP contribution in [-0.2, 0) is 25.7 Å². The fourth-order valence-corrected chi connectivity index (χ4v) is 2.97. The maximum Gasteiger partial charge on any atom is -0.0235 e. The summed E-state index contributed by atoms with van der Waals surface area (Å²) < 4.78 is 0. The van der Waals surface area contributed by atoms with Crippen LogP contribution in [0, 0.1) is 0 Å². The maximum atomic E-state index is 2.31. The first-order valence-corrected chi connectivity index (χ1v) is 7.47. The Morgan fingerprint density at radius 3 is 1.35 bits per heavy atom. The van der Waals surface area contributed by atoms with Gasteiger partial charge in [0.2, 0.25) is 0 Å². The first kappa shape index (κ1) is 11.7. The van der Waals surface area contributed by atoms with Crippen molar-refractivity contribution in [2.45, 2.75) is 25.7 Å². The summed E-state index contributed by atoms with van der Waals surface area (Å²) in [5.41, 5.74) is 8.73. The second-order valence-electron chi connectivity index (χ2n) is 5.77. The Bertz CT molecular complexity index is 653. The van der Waals surface area contributed by atoms with Gasteiger partial charge >= 0.3 is 0 Å². The number of allylic oxidation sites excluding steroid dienone is 2. The van der Waals surface area contributed by atoms with Crippen LogP contribution in [0.2, 0.25) is 0 Å². The van der Waals surface area contributed by atoms with Gasteiger partial charge in [0.25, 0.3) is 0 Å². The van der Waals surface area contributed by atoms with Gasteiger partial charge in [-0.15, -0.1) is 0 Å². The summed E-state index contributed by atoms with van der Waals surface area (Å²) in [7, 11) is 0. The molecule has 0 unspecified atom stereocenters. The molecule has 0 amide bonds. The van der Waals surface area contributed by atoms with Crippen LogP contribution in [0.3, 0.4) is 0 Å². The number of benzene rings is 2. The molecule has 0 heterocycles. The van der Waals surface area contributed by atoms with E-state index in [0.29, 0.717) is 0 Å².